The molecule has 0 unspecified atom stereocenters. The quantitative estimate of drug-likeness (QED) is 0.277. The van der Waals surface area contributed by atoms with Crippen LogP contribution in [-0.4, -0.2) is 6.61 Å². The summed E-state index contributed by atoms with van der Waals surface area (Å²) in [6, 6.07) is 7.46. The summed E-state index contributed by atoms with van der Waals surface area (Å²) in [5, 5.41) is 3.52. The van der Waals surface area contributed by atoms with Crippen molar-refractivity contribution >= 4 is 5.69 Å². The van der Waals surface area contributed by atoms with E-state index in [0.29, 0.717) is 12.3 Å². The minimum absolute atomic E-state index is 0.628. The first-order chi connectivity index (χ1) is 8.36. The van der Waals surface area contributed by atoms with E-state index in [1.807, 2.05) is 12.1 Å². The molecule has 0 fully saturated rings. The molecule has 0 bridgehead atoms. The van der Waals surface area contributed by atoms with Gasteiger partial charge in [-0.25, -0.2) is 0 Å². The van der Waals surface area contributed by atoms with Crippen molar-refractivity contribution in [3.8, 4) is 0 Å². The Balaban J connectivity index is 2.20. The Morgan fingerprint density at radius 1 is 1.18 bits per heavy atom. The van der Waals surface area contributed by atoms with Gasteiger partial charge in [0.2, 0.25) is 0 Å². The SMILES string of the molecule is CCCCCCOCc1ccc(N=[N+]=[N-])cc1. The van der Waals surface area contributed by atoms with E-state index in [1.165, 1.54) is 19.3 Å². The van der Waals surface area contributed by atoms with Gasteiger partial charge in [0, 0.05) is 17.2 Å². The molecule has 1 rings (SSSR count). The van der Waals surface area contributed by atoms with Gasteiger partial charge in [-0.05, 0) is 17.5 Å². The second-order valence-electron chi connectivity index (χ2n) is 3.97. The van der Waals surface area contributed by atoms with E-state index >= 15 is 0 Å². The molecule has 0 amide bonds. The molecule has 4 nitrogen and oxygen atoms in total. The molecular formula is C13H19N3O. The number of ether oxygens (including phenoxy) is 1. The zero-order valence-corrected chi connectivity index (χ0v) is 10.3. The van der Waals surface area contributed by atoms with E-state index in [4.69, 9.17) is 10.3 Å². The fraction of sp³-hybridized carbons (Fsp3) is 0.538. The summed E-state index contributed by atoms with van der Waals surface area (Å²) in [5.74, 6) is 0. The second-order valence-corrected chi connectivity index (χ2v) is 3.97. The normalized spacial score (nSPS) is 9.94. The lowest BCUT2D eigenvalue weighted by atomic mass is 10.2. The Bertz CT molecular complexity index is 355. The van der Waals surface area contributed by atoms with Crippen LogP contribution in [0.5, 0.6) is 0 Å². The van der Waals surface area contributed by atoms with Crippen LogP contribution in [0.15, 0.2) is 29.4 Å². The molecule has 1 aromatic carbocycles. The number of benzene rings is 1. The Labute approximate surface area is 102 Å². The molecule has 4 heteroatoms. The highest BCUT2D eigenvalue weighted by Gasteiger charge is 1.94. The van der Waals surface area contributed by atoms with Crippen molar-refractivity contribution in [2.24, 2.45) is 5.11 Å². The van der Waals surface area contributed by atoms with Gasteiger partial charge in [0.1, 0.15) is 0 Å². The predicted octanol–water partition coefficient (Wildman–Crippen LogP) is 4.73. The Kier molecular flexibility index (Phi) is 6.87. The maximum atomic E-state index is 8.27. The molecule has 0 aliphatic heterocycles. The largest absolute Gasteiger partial charge is 0.377 e. The van der Waals surface area contributed by atoms with E-state index in [0.717, 1.165) is 18.6 Å². The van der Waals surface area contributed by atoms with Crippen LogP contribution < -0.4 is 0 Å². The molecule has 92 valence electrons. The van der Waals surface area contributed by atoms with E-state index < -0.39 is 0 Å². The molecule has 0 heterocycles. The van der Waals surface area contributed by atoms with Crippen molar-refractivity contribution in [3.63, 3.8) is 0 Å². The topological polar surface area (TPSA) is 58.0 Å². The van der Waals surface area contributed by atoms with Gasteiger partial charge >= 0.3 is 0 Å². The zero-order chi connectivity index (χ0) is 12.3. The summed E-state index contributed by atoms with van der Waals surface area (Å²) in [5.41, 5.74) is 10.0. The highest BCUT2D eigenvalue weighted by Crippen LogP contribution is 2.13. The monoisotopic (exact) mass is 233 g/mol. The predicted molar refractivity (Wildman–Crippen MR) is 69.0 cm³/mol. The number of hydrogen-bond acceptors (Lipinski definition) is 2. The molecule has 0 spiro atoms. The van der Waals surface area contributed by atoms with Crippen molar-refractivity contribution < 1.29 is 4.74 Å². The van der Waals surface area contributed by atoms with Crippen LogP contribution in [0.1, 0.15) is 38.2 Å². The van der Waals surface area contributed by atoms with Gasteiger partial charge < -0.3 is 4.74 Å². The Hall–Kier alpha value is -1.51. The summed E-state index contributed by atoms with van der Waals surface area (Å²) in [4.78, 5) is 2.73. The van der Waals surface area contributed by atoms with Crippen LogP contribution in [0.4, 0.5) is 5.69 Å². The van der Waals surface area contributed by atoms with E-state index in [1.54, 1.807) is 12.1 Å². The van der Waals surface area contributed by atoms with Gasteiger partial charge in [0.05, 0.1) is 6.61 Å². The van der Waals surface area contributed by atoms with Crippen molar-refractivity contribution in [2.75, 3.05) is 6.61 Å². The summed E-state index contributed by atoms with van der Waals surface area (Å²) < 4.78 is 5.56. The molecule has 0 N–H and O–H groups in total. The van der Waals surface area contributed by atoms with Crippen LogP contribution in [0.25, 0.3) is 10.4 Å². The van der Waals surface area contributed by atoms with Crippen LogP contribution in [0.2, 0.25) is 0 Å². The van der Waals surface area contributed by atoms with E-state index in [-0.39, 0.29) is 0 Å². The molecule has 0 aliphatic carbocycles. The first-order valence-corrected chi connectivity index (χ1v) is 6.08. The summed E-state index contributed by atoms with van der Waals surface area (Å²) in [6.45, 7) is 3.65. The van der Waals surface area contributed by atoms with Gasteiger partial charge in [-0.3, -0.25) is 0 Å². The van der Waals surface area contributed by atoms with Crippen LogP contribution in [0, 0.1) is 0 Å². The van der Waals surface area contributed by atoms with E-state index in [9.17, 15) is 0 Å². The number of unbranched alkanes of at least 4 members (excludes halogenated alkanes) is 3. The van der Waals surface area contributed by atoms with Crippen LogP contribution >= 0.6 is 0 Å². The number of rotatable bonds is 8. The minimum atomic E-state index is 0.628. The number of azide groups is 1. The molecule has 17 heavy (non-hydrogen) atoms. The van der Waals surface area contributed by atoms with Gasteiger partial charge in [-0.1, -0.05) is 55.6 Å². The number of nitrogens with zero attached hydrogens (tertiary/aromatic N) is 3. The molecule has 0 saturated carbocycles. The van der Waals surface area contributed by atoms with Crippen molar-refractivity contribution in [1.29, 1.82) is 0 Å². The summed E-state index contributed by atoms with van der Waals surface area (Å²) in [6.07, 6.45) is 4.90. The molecule has 0 aromatic heterocycles. The van der Waals surface area contributed by atoms with Crippen molar-refractivity contribution in [3.05, 3.63) is 40.3 Å². The lowest BCUT2D eigenvalue weighted by molar-refractivity contribution is 0.117. The average molecular weight is 233 g/mol. The highest BCUT2D eigenvalue weighted by molar-refractivity contribution is 5.38. The average Bonchev–Trinajstić information content (AvgIpc) is 2.36. The first kappa shape index (κ1) is 13.6. The summed E-state index contributed by atoms with van der Waals surface area (Å²) >= 11 is 0. The third-order valence-corrected chi connectivity index (χ3v) is 2.51. The maximum absolute atomic E-state index is 8.27. The molecule has 0 saturated heterocycles. The van der Waals surface area contributed by atoms with E-state index in [2.05, 4.69) is 16.9 Å². The molecule has 0 radical (unpaired) electrons. The third-order valence-electron chi connectivity index (χ3n) is 2.51. The molecular weight excluding hydrogens is 214 g/mol. The Morgan fingerprint density at radius 2 is 1.94 bits per heavy atom. The van der Waals surface area contributed by atoms with Crippen LogP contribution in [0.3, 0.4) is 0 Å². The Morgan fingerprint density at radius 3 is 2.59 bits per heavy atom. The van der Waals surface area contributed by atoms with Gasteiger partial charge in [-0.2, -0.15) is 0 Å². The zero-order valence-electron chi connectivity index (χ0n) is 10.3. The molecule has 0 atom stereocenters. The third kappa shape index (κ3) is 5.95. The maximum Gasteiger partial charge on any atom is 0.0716 e. The molecule has 1 aromatic rings. The van der Waals surface area contributed by atoms with Crippen LogP contribution in [-0.2, 0) is 11.3 Å². The highest BCUT2D eigenvalue weighted by atomic mass is 16.5. The second kappa shape index (κ2) is 8.62. The lowest BCUT2D eigenvalue weighted by Crippen LogP contribution is -1.95. The molecule has 0 aliphatic rings. The van der Waals surface area contributed by atoms with Gasteiger partial charge in [0.25, 0.3) is 0 Å². The fourth-order valence-corrected chi connectivity index (χ4v) is 1.53. The smallest absolute Gasteiger partial charge is 0.0716 e. The standard InChI is InChI=1S/C13H19N3O/c1-2-3-4-5-10-17-11-12-6-8-13(9-7-12)15-16-14/h6-9H,2-5,10-11H2,1H3. The lowest BCUT2D eigenvalue weighted by Gasteiger charge is -2.04. The minimum Gasteiger partial charge on any atom is -0.377 e. The number of hydrogen-bond donors (Lipinski definition) is 0. The van der Waals surface area contributed by atoms with Gasteiger partial charge in [0.15, 0.2) is 0 Å². The van der Waals surface area contributed by atoms with Gasteiger partial charge in [-0.15, -0.1) is 0 Å². The first-order valence-electron chi connectivity index (χ1n) is 6.08. The van der Waals surface area contributed by atoms with Crippen molar-refractivity contribution in [2.45, 2.75) is 39.2 Å². The van der Waals surface area contributed by atoms with Crippen molar-refractivity contribution in [1.82, 2.24) is 0 Å². The summed E-state index contributed by atoms with van der Waals surface area (Å²) in [7, 11) is 0. The fourth-order valence-electron chi connectivity index (χ4n) is 1.53.